The fourth-order valence-electron chi connectivity index (χ4n) is 4.45. The van der Waals surface area contributed by atoms with Crippen molar-refractivity contribution in [2.24, 2.45) is 0 Å². The lowest BCUT2D eigenvalue weighted by molar-refractivity contribution is 0.0735. The first-order valence-electron chi connectivity index (χ1n) is 9.19. The second-order valence-corrected chi connectivity index (χ2v) is 7.62. The first kappa shape index (κ1) is 15.5. The van der Waals surface area contributed by atoms with Crippen molar-refractivity contribution in [1.82, 2.24) is 9.97 Å². The van der Waals surface area contributed by atoms with E-state index in [1.807, 2.05) is 32.0 Å². The smallest absolute Gasteiger partial charge is 0.343 e. The predicted octanol–water partition coefficient (Wildman–Crippen LogP) is 4.83. The molecule has 2 aromatic carbocycles. The molecule has 1 aromatic heterocycles. The van der Waals surface area contributed by atoms with Gasteiger partial charge >= 0.3 is 5.97 Å². The fourth-order valence-corrected chi connectivity index (χ4v) is 4.45. The second kappa shape index (κ2) is 5.63. The molecule has 0 saturated heterocycles. The Bertz CT molecular complexity index is 1040. The molecule has 0 N–H and O–H groups in total. The third-order valence-corrected chi connectivity index (χ3v) is 5.57. The van der Waals surface area contributed by atoms with Crippen molar-refractivity contribution < 1.29 is 9.53 Å². The number of hydrogen-bond donors (Lipinski definition) is 0. The third-order valence-electron chi connectivity index (χ3n) is 5.57. The lowest BCUT2D eigenvalue weighted by atomic mass is 10.00. The van der Waals surface area contributed by atoms with Crippen molar-refractivity contribution >= 4 is 17.0 Å². The van der Waals surface area contributed by atoms with Crippen LogP contribution in [0.5, 0.6) is 5.75 Å². The highest BCUT2D eigenvalue weighted by Crippen LogP contribution is 2.51. The van der Waals surface area contributed by atoms with Gasteiger partial charge in [-0.1, -0.05) is 6.07 Å². The van der Waals surface area contributed by atoms with E-state index in [4.69, 9.17) is 14.7 Å². The highest BCUT2D eigenvalue weighted by atomic mass is 16.5. The Balaban J connectivity index is 1.48. The summed E-state index contributed by atoms with van der Waals surface area (Å²) in [6.07, 6.45) is 3.64. The summed E-state index contributed by atoms with van der Waals surface area (Å²) in [5, 5.41) is 0. The van der Waals surface area contributed by atoms with E-state index in [2.05, 4.69) is 6.07 Å². The monoisotopic (exact) mass is 344 g/mol. The van der Waals surface area contributed by atoms with E-state index >= 15 is 0 Å². The summed E-state index contributed by atoms with van der Waals surface area (Å²) in [5.74, 6) is 1.35. The Labute approximate surface area is 152 Å². The maximum atomic E-state index is 12.6. The molecule has 130 valence electrons. The van der Waals surface area contributed by atoms with Crippen molar-refractivity contribution in [2.45, 2.75) is 44.9 Å². The van der Waals surface area contributed by atoms with Crippen molar-refractivity contribution in [3.63, 3.8) is 0 Å². The number of fused-ring (bicyclic) bond motifs is 6. The Morgan fingerprint density at radius 1 is 0.923 bits per heavy atom. The van der Waals surface area contributed by atoms with Crippen LogP contribution in [0.3, 0.4) is 0 Å². The predicted molar refractivity (Wildman–Crippen MR) is 99.7 cm³/mol. The van der Waals surface area contributed by atoms with E-state index in [9.17, 15) is 4.79 Å². The molecular formula is C22H20N2O2. The minimum Gasteiger partial charge on any atom is -0.423 e. The SMILES string of the molecule is Cc1cc(C)cc(OC(=O)c2ccc3nc4c(nc3c2)C2CCC4C2)c1. The summed E-state index contributed by atoms with van der Waals surface area (Å²) < 4.78 is 5.57. The number of aryl methyl sites for hydroxylation is 2. The van der Waals surface area contributed by atoms with E-state index in [-0.39, 0.29) is 5.97 Å². The van der Waals surface area contributed by atoms with Crippen LogP contribution in [0.1, 0.15) is 64.0 Å². The van der Waals surface area contributed by atoms with E-state index < -0.39 is 0 Å². The van der Waals surface area contributed by atoms with E-state index in [1.54, 1.807) is 12.1 Å². The van der Waals surface area contributed by atoms with Crippen molar-refractivity contribution in [2.75, 3.05) is 0 Å². The molecule has 2 unspecified atom stereocenters. The molecule has 2 atom stereocenters. The summed E-state index contributed by atoms with van der Waals surface area (Å²) in [6.45, 7) is 3.98. The van der Waals surface area contributed by atoms with Crippen LogP contribution >= 0.6 is 0 Å². The third kappa shape index (κ3) is 2.48. The summed E-state index contributed by atoms with van der Waals surface area (Å²) in [4.78, 5) is 22.2. The number of esters is 1. The fraction of sp³-hybridized carbons (Fsp3) is 0.318. The van der Waals surface area contributed by atoms with Gasteiger partial charge in [-0.15, -0.1) is 0 Å². The zero-order valence-corrected chi connectivity index (χ0v) is 15.0. The van der Waals surface area contributed by atoms with Crippen molar-refractivity contribution in [3.05, 3.63) is 64.5 Å². The number of rotatable bonds is 2. The molecule has 2 aliphatic rings. The van der Waals surface area contributed by atoms with Crippen molar-refractivity contribution in [1.29, 1.82) is 0 Å². The maximum absolute atomic E-state index is 12.6. The summed E-state index contributed by atoms with van der Waals surface area (Å²) >= 11 is 0. The van der Waals surface area contributed by atoms with Gasteiger partial charge in [-0.2, -0.15) is 0 Å². The van der Waals surface area contributed by atoms with Gasteiger partial charge in [0.15, 0.2) is 0 Å². The molecule has 0 spiro atoms. The number of carbonyl (C=O) groups is 1. The first-order valence-corrected chi connectivity index (χ1v) is 9.19. The average Bonchev–Trinajstić information content (AvgIpc) is 3.20. The molecule has 0 amide bonds. The first-order chi connectivity index (χ1) is 12.6. The van der Waals surface area contributed by atoms with Crippen molar-refractivity contribution in [3.8, 4) is 5.75 Å². The van der Waals surface area contributed by atoms with Crippen LogP contribution in [0, 0.1) is 13.8 Å². The number of carbonyl (C=O) groups excluding carboxylic acids is 1. The highest BCUT2D eigenvalue weighted by molar-refractivity contribution is 5.94. The minimum atomic E-state index is -0.360. The Morgan fingerprint density at radius 2 is 1.58 bits per heavy atom. The molecule has 1 saturated carbocycles. The normalized spacial score (nSPS) is 20.4. The van der Waals surface area contributed by atoms with Crippen LogP contribution in [0.25, 0.3) is 11.0 Å². The van der Waals surface area contributed by atoms with E-state index in [0.717, 1.165) is 27.9 Å². The molecule has 5 rings (SSSR count). The molecule has 1 fully saturated rings. The molecule has 0 radical (unpaired) electrons. The largest absolute Gasteiger partial charge is 0.423 e. The van der Waals surface area contributed by atoms with Gasteiger partial charge in [0.25, 0.3) is 0 Å². The summed E-state index contributed by atoms with van der Waals surface area (Å²) in [6, 6.07) is 11.3. The highest BCUT2D eigenvalue weighted by Gasteiger charge is 2.39. The molecular weight excluding hydrogens is 324 g/mol. The standard InChI is InChI=1S/C22H20N2O2/c1-12-7-13(2)9-17(8-12)26-22(25)16-5-6-18-19(11-16)24-21-15-4-3-14(10-15)20(21)23-18/h5-9,11,14-15H,3-4,10H2,1-2H3. The van der Waals surface area contributed by atoms with Crippen LogP contribution in [-0.4, -0.2) is 15.9 Å². The van der Waals surface area contributed by atoms with E-state index in [1.165, 1.54) is 25.0 Å². The molecule has 1 heterocycles. The molecule has 4 nitrogen and oxygen atoms in total. The van der Waals surface area contributed by atoms with Gasteiger partial charge in [0.05, 0.1) is 28.0 Å². The molecule has 0 aliphatic heterocycles. The van der Waals surface area contributed by atoms with Gasteiger partial charge in [-0.25, -0.2) is 14.8 Å². The van der Waals surface area contributed by atoms with Gasteiger partial charge in [0.2, 0.25) is 0 Å². The molecule has 3 aromatic rings. The van der Waals surface area contributed by atoms with Gasteiger partial charge in [-0.3, -0.25) is 0 Å². The van der Waals surface area contributed by atoms with Gasteiger partial charge in [-0.05, 0) is 74.6 Å². The van der Waals surface area contributed by atoms with Crippen LogP contribution in [-0.2, 0) is 0 Å². The lowest BCUT2D eigenvalue weighted by Crippen LogP contribution is -2.10. The lowest BCUT2D eigenvalue weighted by Gasteiger charge is -2.14. The van der Waals surface area contributed by atoms with Gasteiger partial charge < -0.3 is 4.74 Å². The second-order valence-electron chi connectivity index (χ2n) is 7.62. The van der Waals surface area contributed by atoms with Gasteiger partial charge in [0, 0.05) is 11.8 Å². The molecule has 2 bridgehead atoms. The van der Waals surface area contributed by atoms with Crippen LogP contribution in [0.2, 0.25) is 0 Å². The Kier molecular flexibility index (Phi) is 3.36. The topological polar surface area (TPSA) is 52.1 Å². The molecule has 26 heavy (non-hydrogen) atoms. The number of hydrogen-bond acceptors (Lipinski definition) is 4. The zero-order chi connectivity index (χ0) is 17.8. The number of benzene rings is 2. The number of aromatic nitrogens is 2. The Hall–Kier alpha value is -2.75. The quantitative estimate of drug-likeness (QED) is 0.493. The Morgan fingerprint density at radius 3 is 2.27 bits per heavy atom. The summed E-state index contributed by atoms with van der Waals surface area (Å²) in [5.41, 5.74) is 6.62. The number of nitrogens with zero attached hydrogens (tertiary/aromatic N) is 2. The maximum Gasteiger partial charge on any atom is 0.343 e. The molecule has 4 heteroatoms. The summed E-state index contributed by atoms with van der Waals surface area (Å²) in [7, 11) is 0. The zero-order valence-electron chi connectivity index (χ0n) is 15.0. The van der Waals surface area contributed by atoms with Crippen LogP contribution in [0.15, 0.2) is 36.4 Å². The van der Waals surface area contributed by atoms with Gasteiger partial charge in [0.1, 0.15) is 5.75 Å². The van der Waals surface area contributed by atoms with Crippen LogP contribution in [0.4, 0.5) is 0 Å². The molecule has 2 aliphatic carbocycles. The van der Waals surface area contributed by atoms with E-state index in [0.29, 0.717) is 23.1 Å². The van der Waals surface area contributed by atoms with Crippen LogP contribution < -0.4 is 4.74 Å². The average molecular weight is 344 g/mol. The number of ether oxygens (including phenoxy) is 1. The minimum absolute atomic E-state index is 0.360.